The van der Waals surface area contributed by atoms with Crippen LogP contribution in [0.3, 0.4) is 0 Å². The van der Waals surface area contributed by atoms with Crippen molar-refractivity contribution >= 4 is 5.78 Å². The summed E-state index contributed by atoms with van der Waals surface area (Å²) in [6.45, 7) is 6.58. The molecule has 1 rings (SSSR count). The van der Waals surface area contributed by atoms with Gasteiger partial charge in [0.2, 0.25) is 5.78 Å². The lowest BCUT2D eigenvalue weighted by Gasteiger charge is -2.30. The highest BCUT2D eigenvalue weighted by Gasteiger charge is 2.33. The molecular weight excluding hydrogens is 190 g/mol. The summed E-state index contributed by atoms with van der Waals surface area (Å²) in [4.78, 5) is 18.3. The Labute approximate surface area is 90.9 Å². The maximum absolute atomic E-state index is 12.2. The van der Waals surface area contributed by atoms with E-state index < -0.39 is 5.54 Å². The molecule has 0 aliphatic carbocycles. The van der Waals surface area contributed by atoms with E-state index in [0.717, 1.165) is 6.54 Å². The maximum atomic E-state index is 12.2. The third-order valence-corrected chi connectivity index (χ3v) is 2.93. The van der Waals surface area contributed by atoms with E-state index in [1.54, 1.807) is 6.20 Å². The Balaban J connectivity index is 3.04. The van der Waals surface area contributed by atoms with E-state index in [9.17, 15) is 4.79 Å². The summed E-state index contributed by atoms with van der Waals surface area (Å²) in [5.41, 5.74) is -0.516. The van der Waals surface area contributed by atoms with E-state index in [1.165, 1.54) is 0 Å². The second-order valence-corrected chi connectivity index (χ2v) is 4.32. The zero-order valence-corrected chi connectivity index (χ0v) is 10.1. The van der Waals surface area contributed by atoms with Crippen LogP contribution in [0.25, 0.3) is 0 Å². The number of carbonyl (C=O) groups excluding carboxylic acids is 1. The first kappa shape index (κ1) is 11.9. The first-order chi connectivity index (χ1) is 6.91. The minimum atomic E-state index is -0.516. The number of aromatic nitrogens is 2. The molecule has 0 aliphatic rings. The molecule has 0 spiro atoms. The first-order valence-electron chi connectivity index (χ1n) is 5.14. The van der Waals surface area contributed by atoms with Gasteiger partial charge in [-0.25, -0.2) is 4.98 Å². The van der Waals surface area contributed by atoms with Crippen LogP contribution < -0.4 is 0 Å². The summed E-state index contributed by atoms with van der Waals surface area (Å²) in [6.07, 6.45) is 3.50. The highest BCUT2D eigenvalue weighted by Crippen LogP contribution is 2.16. The monoisotopic (exact) mass is 209 g/mol. The van der Waals surface area contributed by atoms with Crippen LogP contribution in [0.15, 0.2) is 12.4 Å². The molecule has 0 amide bonds. The molecule has 0 aliphatic heterocycles. The van der Waals surface area contributed by atoms with Gasteiger partial charge in [0.25, 0.3) is 0 Å². The highest BCUT2D eigenvalue weighted by atomic mass is 16.1. The number of likely N-dealkylation sites (N-methyl/N-ethyl adjacent to an activating group) is 1. The molecule has 0 unspecified atom stereocenters. The summed E-state index contributed by atoms with van der Waals surface area (Å²) in [6, 6.07) is 0. The van der Waals surface area contributed by atoms with Gasteiger partial charge in [-0.3, -0.25) is 9.69 Å². The molecule has 1 heterocycles. The third kappa shape index (κ3) is 2.09. The summed E-state index contributed by atoms with van der Waals surface area (Å²) in [5.74, 6) is 0.593. The summed E-state index contributed by atoms with van der Waals surface area (Å²) in [7, 11) is 3.80. The van der Waals surface area contributed by atoms with Crippen LogP contribution >= 0.6 is 0 Å². The number of aryl methyl sites for hydroxylation is 1. The maximum Gasteiger partial charge on any atom is 0.217 e. The predicted molar refractivity (Wildman–Crippen MR) is 60.0 cm³/mol. The van der Waals surface area contributed by atoms with Gasteiger partial charge >= 0.3 is 0 Å². The number of hydrogen-bond donors (Lipinski definition) is 0. The van der Waals surface area contributed by atoms with Crippen molar-refractivity contribution in [2.45, 2.75) is 32.9 Å². The first-order valence-corrected chi connectivity index (χ1v) is 5.14. The van der Waals surface area contributed by atoms with E-state index >= 15 is 0 Å². The molecule has 0 bridgehead atoms. The number of rotatable bonds is 4. The third-order valence-electron chi connectivity index (χ3n) is 2.93. The number of nitrogens with zero attached hydrogens (tertiary/aromatic N) is 3. The Bertz CT molecular complexity index is 352. The van der Waals surface area contributed by atoms with E-state index in [1.807, 2.05) is 50.5 Å². The Hall–Kier alpha value is -1.16. The number of carbonyl (C=O) groups is 1. The van der Waals surface area contributed by atoms with Crippen molar-refractivity contribution in [2.24, 2.45) is 0 Å². The van der Waals surface area contributed by atoms with Gasteiger partial charge in [0.05, 0.1) is 5.54 Å². The fraction of sp³-hybridized carbons (Fsp3) is 0.636. The number of imidazole rings is 1. The molecule has 0 radical (unpaired) electrons. The van der Waals surface area contributed by atoms with Crippen molar-refractivity contribution in [1.29, 1.82) is 0 Å². The molecule has 1 aromatic heterocycles. The Morgan fingerprint density at radius 1 is 1.53 bits per heavy atom. The fourth-order valence-corrected chi connectivity index (χ4v) is 1.25. The Morgan fingerprint density at radius 2 is 2.13 bits per heavy atom. The van der Waals surface area contributed by atoms with Gasteiger partial charge < -0.3 is 4.57 Å². The summed E-state index contributed by atoms with van der Waals surface area (Å²) >= 11 is 0. The normalized spacial score (nSPS) is 12.1. The van der Waals surface area contributed by atoms with E-state index in [4.69, 9.17) is 0 Å². The topological polar surface area (TPSA) is 38.1 Å². The molecule has 84 valence electrons. The van der Waals surface area contributed by atoms with Gasteiger partial charge in [0.15, 0.2) is 5.82 Å². The zero-order valence-electron chi connectivity index (χ0n) is 10.1. The van der Waals surface area contributed by atoms with Gasteiger partial charge in [-0.2, -0.15) is 0 Å². The van der Waals surface area contributed by atoms with Crippen LogP contribution in [-0.2, 0) is 6.54 Å². The van der Waals surface area contributed by atoms with Crippen molar-refractivity contribution in [1.82, 2.24) is 14.5 Å². The molecule has 4 nitrogen and oxygen atoms in total. The highest BCUT2D eigenvalue weighted by molar-refractivity contribution is 5.99. The fourth-order valence-electron chi connectivity index (χ4n) is 1.25. The number of Topliss-reactive ketones (excluding diaryl/α,β-unsaturated/α-hetero) is 1. The zero-order chi connectivity index (χ0) is 11.6. The number of ketones is 1. The van der Waals surface area contributed by atoms with Crippen LogP contribution in [0.5, 0.6) is 0 Å². The van der Waals surface area contributed by atoms with E-state index in [0.29, 0.717) is 5.82 Å². The average Bonchev–Trinajstić information content (AvgIpc) is 2.63. The smallest absolute Gasteiger partial charge is 0.217 e. The van der Waals surface area contributed by atoms with Crippen molar-refractivity contribution in [3.05, 3.63) is 18.2 Å². The summed E-state index contributed by atoms with van der Waals surface area (Å²) < 4.78 is 1.87. The Kier molecular flexibility index (Phi) is 3.29. The molecule has 0 N–H and O–H groups in total. The van der Waals surface area contributed by atoms with Crippen molar-refractivity contribution in [2.75, 3.05) is 14.1 Å². The Morgan fingerprint density at radius 3 is 2.60 bits per heavy atom. The minimum Gasteiger partial charge on any atom is -0.329 e. The standard InChI is InChI=1S/C11H19N3O/c1-6-14-8-7-12-10(14)9(15)11(2,3)13(4)5/h7-8H,6H2,1-5H3. The van der Waals surface area contributed by atoms with Crippen LogP contribution in [0.2, 0.25) is 0 Å². The second-order valence-electron chi connectivity index (χ2n) is 4.32. The molecule has 15 heavy (non-hydrogen) atoms. The molecule has 0 saturated heterocycles. The summed E-state index contributed by atoms with van der Waals surface area (Å²) in [5, 5.41) is 0. The van der Waals surface area contributed by atoms with Crippen molar-refractivity contribution < 1.29 is 4.79 Å². The molecule has 4 heteroatoms. The van der Waals surface area contributed by atoms with Crippen LogP contribution in [0.1, 0.15) is 31.4 Å². The quantitative estimate of drug-likeness (QED) is 0.704. The van der Waals surface area contributed by atoms with Gasteiger partial charge in [0.1, 0.15) is 0 Å². The lowest BCUT2D eigenvalue weighted by molar-refractivity contribution is 0.0739. The lowest BCUT2D eigenvalue weighted by atomic mass is 9.97. The molecule has 0 saturated carbocycles. The molecule has 0 fully saturated rings. The van der Waals surface area contributed by atoms with Crippen molar-refractivity contribution in [3.63, 3.8) is 0 Å². The van der Waals surface area contributed by atoms with E-state index in [-0.39, 0.29) is 5.78 Å². The average molecular weight is 209 g/mol. The van der Waals surface area contributed by atoms with Gasteiger partial charge in [-0.15, -0.1) is 0 Å². The molecular formula is C11H19N3O. The van der Waals surface area contributed by atoms with Crippen LogP contribution in [0.4, 0.5) is 0 Å². The van der Waals surface area contributed by atoms with Crippen molar-refractivity contribution in [3.8, 4) is 0 Å². The second kappa shape index (κ2) is 4.14. The lowest BCUT2D eigenvalue weighted by Crippen LogP contribution is -2.46. The van der Waals surface area contributed by atoms with Gasteiger partial charge in [0, 0.05) is 18.9 Å². The number of hydrogen-bond acceptors (Lipinski definition) is 3. The molecule has 0 aromatic carbocycles. The molecule has 0 atom stereocenters. The predicted octanol–water partition coefficient (Wildman–Crippen LogP) is 1.43. The van der Waals surface area contributed by atoms with Crippen LogP contribution in [0, 0.1) is 0 Å². The van der Waals surface area contributed by atoms with Gasteiger partial charge in [-0.1, -0.05) is 0 Å². The van der Waals surface area contributed by atoms with E-state index in [2.05, 4.69) is 4.98 Å². The van der Waals surface area contributed by atoms with Crippen LogP contribution in [-0.4, -0.2) is 39.9 Å². The minimum absolute atomic E-state index is 0.0550. The SMILES string of the molecule is CCn1ccnc1C(=O)C(C)(C)N(C)C. The molecule has 1 aromatic rings. The largest absolute Gasteiger partial charge is 0.329 e. The van der Waals surface area contributed by atoms with Gasteiger partial charge in [-0.05, 0) is 34.9 Å².